The summed E-state index contributed by atoms with van der Waals surface area (Å²) in [7, 11) is 0. The second-order valence-electron chi connectivity index (χ2n) is 5.61. The third-order valence-corrected chi connectivity index (χ3v) is 4.24. The molecule has 0 radical (unpaired) electrons. The van der Waals surface area contributed by atoms with Crippen LogP contribution < -0.4 is 5.32 Å². The lowest BCUT2D eigenvalue weighted by Gasteiger charge is -2.39. The van der Waals surface area contributed by atoms with Crippen molar-refractivity contribution in [2.75, 3.05) is 0 Å². The topological polar surface area (TPSA) is 12.0 Å². The molecule has 1 saturated carbocycles. The lowest BCUT2D eigenvalue weighted by molar-refractivity contribution is 0.213. The van der Waals surface area contributed by atoms with E-state index in [1.807, 2.05) is 0 Å². The van der Waals surface area contributed by atoms with Crippen LogP contribution in [0.1, 0.15) is 51.5 Å². The molecule has 0 saturated heterocycles. The second-order valence-corrected chi connectivity index (χ2v) is 5.61. The second kappa shape index (κ2) is 6.78. The van der Waals surface area contributed by atoms with E-state index in [0.29, 0.717) is 5.92 Å². The van der Waals surface area contributed by atoms with E-state index in [4.69, 9.17) is 0 Å². The quantitative estimate of drug-likeness (QED) is 0.800. The van der Waals surface area contributed by atoms with E-state index < -0.39 is 0 Å². The van der Waals surface area contributed by atoms with Gasteiger partial charge in [0.05, 0.1) is 5.54 Å². The molecule has 0 unspecified atom stereocenters. The number of nitrogens with one attached hydrogen (secondary N) is 1. The molecule has 1 fully saturated rings. The van der Waals surface area contributed by atoms with Crippen LogP contribution in [-0.4, -0.2) is 5.54 Å². The Hall–Kier alpha value is -1.26. The third-order valence-electron chi connectivity index (χ3n) is 4.24. The molecule has 1 aromatic carbocycles. The molecule has 1 nitrogen and oxygen atoms in total. The molecule has 19 heavy (non-hydrogen) atoms. The van der Waals surface area contributed by atoms with Crippen molar-refractivity contribution in [1.82, 2.24) is 5.32 Å². The van der Waals surface area contributed by atoms with Gasteiger partial charge in [-0.3, -0.25) is 5.32 Å². The van der Waals surface area contributed by atoms with Gasteiger partial charge >= 0.3 is 0 Å². The number of benzene rings is 1. The summed E-state index contributed by atoms with van der Waals surface area (Å²) in [5.41, 5.74) is 1.38. The van der Waals surface area contributed by atoms with Crippen molar-refractivity contribution in [2.24, 2.45) is 5.92 Å². The van der Waals surface area contributed by atoms with Crippen LogP contribution in [0.2, 0.25) is 0 Å². The van der Waals surface area contributed by atoms with Gasteiger partial charge in [-0.2, -0.15) is 0 Å². The van der Waals surface area contributed by atoms with Crippen LogP contribution in [0.15, 0.2) is 30.3 Å². The van der Waals surface area contributed by atoms with E-state index in [0.717, 1.165) is 13.0 Å². The van der Waals surface area contributed by atoms with Crippen molar-refractivity contribution in [3.8, 4) is 11.8 Å². The highest BCUT2D eigenvalue weighted by Gasteiger charge is 2.35. The van der Waals surface area contributed by atoms with Crippen molar-refractivity contribution < 1.29 is 0 Å². The zero-order valence-corrected chi connectivity index (χ0v) is 12.2. The molecule has 0 aromatic heterocycles. The molecule has 1 heteroatoms. The van der Waals surface area contributed by atoms with Crippen LogP contribution >= 0.6 is 0 Å². The summed E-state index contributed by atoms with van der Waals surface area (Å²) in [6, 6.07) is 10.6. The SMILES string of the molecule is CCC#C[C@@]1(NCc2ccccc2)CCCC[C@H]1C. The van der Waals surface area contributed by atoms with E-state index in [1.165, 1.54) is 31.2 Å². The maximum absolute atomic E-state index is 3.76. The van der Waals surface area contributed by atoms with Crippen molar-refractivity contribution in [1.29, 1.82) is 0 Å². The fourth-order valence-corrected chi connectivity index (χ4v) is 2.94. The van der Waals surface area contributed by atoms with E-state index >= 15 is 0 Å². The Bertz CT molecular complexity index is 440. The van der Waals surface area contributed by atoms with Crippen LogP contribution in [0, 0.1) is 17.8 Å². The minimum absolute atomic E-state index is 0.0318. The zero-order valence-electron chi connectivity index (χ0n) is 12.2. The van der Waals surface area contributed by atoms with Crippen LogP contribution in [0.5, 0.6) is 0 Å². The molecule has 1 aliphatic carbocycles. The largest absolute Gasteiger partial charge is 0.297 e. The predicted molar refractivity (Wildman–Crippen MR) is 81.7 cm³/mol. The summed E-state index contributed by atoms with van der Waals surface area (Å²) in [6.07, 6.45) is 6.07. The molecule has 0 spiro atoms. The Morgan fingerprint density at radius 1 is 1.26 bits per heavy atom. The summed E-state index contributed by atoms with van der Waals surface area (Å²) >= 11 is 0. The van der Waals surface area contributed by atoms with E-state index in [2.05, 4.69) is 61.3 Å². The molecule has 0 aliphatic heterocycles. The standard InChI is InChI=1S/C18H25N/c1-3-4-13-18(14-9-8-10-16(18)2)19-15-17-11-6-5-7-12-17/h5-7,11-12,16,19H,3,8-10,14-15H2,1-2H3/t16-,18-/m1/s1. The van der Waals surface area contributed by atoms with Gasteiger partial charge in [0, 0.05) is 13.0 Å². The Balaban J connectivity index is 2.09. The van der Waals surface area contributed by atoms with Crippen molar-refractivity contribution in [2.45, 2.75) is 58.0 Å². The molecule has 2 rings (SSSR count). The Morgan fingerprint density at radius 3 is 2.74 bits per heavy atom. The fraction of sp³-hybridized carbons (Fsp3) is 0.556. The van der Waals surface area contributed by atoms with Gasteiger partial charge in [0.25, 0.3) is 0 Å². The predicted octanol–water partition coefficient (Wildman–Crippen LogP) is 4.14. The smallest absolute Gasteiger partial charge is 0.0829 e. The Morgan fingerprint density at radius 2 is 2.05 bits per heavy atom. The molecule has 2 atom stereocenters. The maximum atomic E-state index is 3.76. The first-order valence-corrected chi connectivity index (χ1v) is 7.56. The highest BCUT2D eigenvalue weighted by molar-refractivity contribution is 5.22. The van der Waals surface area contributed by atoms with Gasteiger partial charge in [-0.15, -0.1) is 5.92 Å². The van der Waals surface area contributed by atoms with Crippen LogP contribution in [-0.2, 0) is 6.54 Å². The van der Waals surface area contributed by atoms with Gasteiger partial charge in [0.15, 0.2) is 0 Å². The molecule has 0 amide bonds. The van der Waals surface area contributed by atoms with Crippen LogP contribution in [0.25, 0.3) is 0 Å². The number of rotatable bonds is 3. The van der Waals surface area contributed by atoms with Crippen LogP contribution in [0.3, 0.4) is 0 Å². The van der Waals surface area contributed by atoms with Gasteiger partial charge in [0.1, 0.15) is 0 Å². The van der Waals surface area contributed by atoms with Crippen molar-refractivity contribution >= 4 is 0 Å². The average Bonchev–Trinajstić information content (AvgIpc) is 2.46. The highest BCUT2D eigenvalue weighted by atomic mass is 15.0. The minimum Gasteiger partial charge on any atom is -0.297 e. The normalized spacial score (nSPS) is 26.5. The monoisotopic (exact) mass is 255 g/mol. The molecular formula is C18H25N. The summed E-state index contributed by atoms with van der Waals surface area (Å²) in [4.78, 5) is 0. The van der Waals surface area contributed by atoms with E-state index in [1.54, 1.807) is 0 Å². The first kappa shape index (κ1) is 14.2. The lowest BCUT2D eigenvalue weighted by Crippen LogP contribution is -2.50. The van der Waals surface area contributed by atoms with Gasteiger partial charge in [0.2, 0.25) is 0 Å². The van der Waals surface area contributed by atoms with Gasteiger partial charge in [-0.05, 0) is 24.3 Å². The molecule has 0 heterocycles. The first-order valence-electron chi connectivity index (χ1n) is 7.56. The van der Waals surface area contributed by atoms with E-state index in [-0.39, 0.29) is 5.54 Å². The first-order chi connectivity index (χ1) is 9.27. The maximum Gasteiger partial charge on any atom is 0.0829 e. The number of hydrogen-bond donors (Lipinski definition) is 1. The summed E-state index contributed by atoms with van der Waals surface area (Å²) in [6.45, 7) is 5.40. The summed E-state index contributed by atoms with van der Waals surface area (Å²) < 4.78 is 0. The van der Waals surface area contributed by atoms with E-state index in [9.17, 15) is 0 Å². The number of hydrogen-bond acceptors (Lipinski definition) is 1. The summed E-state index contributed by atoms with van der Waals surface area (Å²) in [5.74, 6) is 7.50. The average molecular weight is 255 g/mol. The molecular weight excluding hydrogens is 230 g/mol. The third kappa shape index (κ3) is 3.61. The molecule has 1 N–H and O–H groups in total. The van der Waals surface area contributed by atoms with Gasteiger partial charge in [-0.1, -0.05) is 62.9 Å². The van der Waals surface area contributed by atoms with Crippen molar-refractivity contribution in [3.63, 3.8) is 0 Å². The van der Waals surface area contributed by atoms with Gasteiger partial charge < -0.3 is 0 Å². The molecule has 1 aromatic rings. The molecule has 0 bridgehead atoms. The van der Waals surface area contributed by atoms with Crippen LogP contribution in [0.4, 0.5) is 0 Å². The van der Waals surface area contributed by atoms with Gasteiger partial charge in [-0.25, -0.2) is 0 Å². The Kier molecular flexibility index (Phi) is 5.05. The minimum atomic E-state index is 0.0318. The Labute approximate surface area is 117 Å². The van der Waals surface area contributed by atoms with Crippen molar-refractivity contribution in [3.05, 3.63) is 35.9 Å². The lowest BCUT2D eigenvalue weighted by atomic mass is 9.74. The summed E-state index contributed by atoms with van der Waals surface area (Å²) in [5, 5.41) is 3.76. The molecule has 102 valence electrons. The zero-order chi connectivity index (χ0) is 13.6. The molecule has 1 aliphatic rings. The fourth-order valence-electron chi connectivity index (χ4n) is 2.94. The highest BCUT2D eigenvalue weighted by Crippen LogP contribution is 2.33.